The van der Waals surface area contributed by atoms with Crippen LogP contribution in [0.4, 0.5) is 0 Å². The van der Waals surface area contributed by atoms with Gasteiger partial charge in [-0.3, -0.25) is 0 Å². The van der Waals surface area contributed by atoms with Gasteiger partial charge in [0.05, 0.1) is 3.39 Å². The second-order valence-electron chi connectivity index (χ2n) is 10.7. The van der Waals surface area contributed by atoms with E-state index in [0.717, 1.165) is 27.6 Å². The van der Waals surface area contributed by atoms with E-state index in [-0.39, 0.29) is 0 Å². The van der Waals surface area contributed by atoms with Crippen LogP contribution in [0.2, 0.25) is 18.1 Å². The van der Waals surface area contributed by atoms with Gasteiger partial charge in [0.25, 0.3) is 0 Å². The van der Waals surface area contributed by atoms with Gasteiger partial charge in [0, 0.05) is 6.10 Å². The van der Waals surface area contributed by atoms with E-state index in [1.54, 1.807) is 0 Å². The fourth-order valence-corrected chi connectivity index (χ4v) is 7.20. The highest BCUT2D eigenvalue weighted by molar-refractivity contribution is 9.28. The molecule has 2 rings (SSSR count). The lowest BCUT2D eigenvalue weighted by molar-refractivity contribution is -0.0862. The predicted molar refractivity (Wildman–Crippen MR) is 125 cm³/mol. The van der Waals surface area contributed by atoms with Gasteiger partial charge in [-0.15, -0.1) is 0 Å². The Hall–Kier alpha value is 0.877. The SMILES string of the molecule is C[C@H](CC=C(Br)Br)[C@H]1CCC[C@H]2[C@@H](O[Si](C)(C)C(C)(C)C)CCC[C@]12C. The van der Waals surface area contributed by atoms with Crippen LogP contribution in [0.1, 0.15) is 79.6 Å². The Morgan fingerprint density at radius 1 is 1.19 bits per heavy atom. The van der Waals surface area contributed by atoms with Crippen LogP contribution in [0.3, 0.4) is 0 Å². The molecular weight excluding hydrogens is 468 g/mol. The zero-order chi connectivity index (χ0) is 19.8. The zero-order valence-electron chi connectivity index (χ0n) is 18.0. The lowest BCUT2D eigenvalue weighted by Gasteiger charge is -2.56. The average Bonchev–Trinajstić information content (AvgIpc) is 2.50. The van der Waals surface area contributed by atoms with Crippen molar-refractivity contribution in [3.63, 3.8) is 0 Å². The summed E-state index contributed by atoms with van der Waals surface area (Å²) in [6.45, 7) is 17.1. The minimum absolute atomic E-state index is 0.301. The molecule has 2 fully saturated rings. The summed E-state index contributed by atoms with van der Waals surface area (Å²) in [5.74, 6) is 2.31. The van der Waals surface area contributed by atoms with Crippen molar-refractivity contribution < 1.29 is 4.43 Å². The minimum atomic E-state index is -1.70. The molecule has 0 saturated heterocycles. The number of hydrogen-bond acceptors (Lipinski definition) is 1. The van der Waals surface area contributed by atoms with Crippen molar-refractivity contribution in [2.24, 2.45) is 23.2 Å². The van der Waals surface area contributed by atoms with Crippen LogP contribution >= 0.6 is 31.9 Å². The summed E-state index contributed by atoms with van der Waals surface area (Å²) in [7, 11) is -1.70. The molecule has 0 amide bonds. The van der Waals surface area contributed by atoms with Gasteiger partial charge < -0.3 is 4.43 Å². The topological polar surface area (TPSA) is 9.23 Å². The van der Waals surface area contributed by atoms with Crippen LogP contribution in [0.25, 0.3) is 0 Å². The van der Waals surface area contributed by atoms with Crippen LogP contribution in [-0.2, 0) is 4.43 Å². The molecule has 0 spiro atoms. The minimum Gasteiger partial charge on any atom is -0.414 e. The molecule has 4 heteroatoms. The summed E-state index contributed by atoms with van der Waals surface area (Å²) in [6, 6.07) is 0. The van der Waals surface area contributed by atoms with Crippen molar-refractivity contribution in [3.8, 4) is 0 Å². The molecule has 2 aliphatic rings. The molecule has 152 valence electrons. The van der Waals surface area contributed by atoms with Gasteiger partial charge in [0.1, 0.15) is 0 Å². The number of rotatable bonds is 5. The van der Waals surface area contributed by atoms with Gasteiger partial charge in [0.15, 0.2) is 8.32 Å². The molecule has 0 radical (unpaired) electrons. The van der Waals surface area contributed by atoms with Gasteiger partial charge in [-0.1, -0.05) is 53.5 Å². The Balaban J connectivity index is 2.19. The van der Waals surface area contributed by atoms with Crippen molar-refractivity contribution in [3.05, 3.63) is 9.47 Å². The second-order valence-corrected chi connectivity index (χ2v) is 18.2. The number of hydrogen-bond donors (Lipinski definition) is 0. The third-order valence-electron chi connectivity index (χ3n) is 7.96. The van der Waals surface area contributed by atoms with Gasteiger partial charge in [0.2, 0.25) is 0 Å². The van der Waals surface area contributed by atoms with Crippen LogP contribution in [0.15, 0.2) is 9.47 Å². The Morgan fingerprint density at radius 2 is 1.85 bits per heavy atom. The van der Waals surface area contributed by atoms with Gasteiger partial charge >= 0.3 is 0 Å². The van der Waals surface area contributed by atoms with Crippen LogP contribution in [0, 0.1) is 23.2 Å². The molecular formula is C22H40Br2OSi. The van der Waals surface area contributed by atoms with Gasteiger partial charge in [-0.25, -0.2) is 0 Å². The third-order valence-corrected chi connectivity index (χ3v) is 13.1. The maximum atomic E-state index is 7.02. The quantitative estimate of drug-likeness (QED) is 0.338. The fourth-order valence-electron chi connectivity index (χ4n) is 5.43. The largest absolute Gasteiger partial charge is 0.414 e. The van der Waals surface area contributed by atoms with E-state index in [1.165, 1.54) is 38.5 Å². The van der Waals surface area contributed by atoms with Crippen LogP contribution in [0.5, 0.6) is 0 Å². The van der Waals surface area contributed by atoms with Crippen molar-refractivity contribution in [2.75, 3.05) is 0 Å². The van der Waals surface area contributed by atoms with E-state index in [4.69, 9.17) is 4.43 Å². The van der Waals surface area contributed by atoms with E-state index >= 15 is 0 Å². The first-order valence-electron chi connectivity index (χ1n) is 10.6. The zero-order valence-corrected chi connectivity index (χ0v) is 22.2. The molecule has 2 aliphatic carbocycles. The maximum absolute atomic E-state index is 7.02. The summed E-state index contributed by atoms with van der Waals surface area (Å²) in [5.41, 5.74) is 0.454. The van der Waals surface area contributed by atoms with E-state index in [0.29, 0.717) is 16.6 Å². The van der Waals surface area contributed by atoms with Crippen LogP contribution < -0.4 is 0 Å². The summed E-state index contributed by atoms with van der Waals surface area (Å²) in [4.78, 5) is 0. The molecule has 2 saturated carbocycles. The molecule has 0 aliphatic heterocycles. The van der Waals surface area contributed by atoms with Crippen molar-refractivity contribution in [2.45, 2.75) is 104 Å². The van der Waals surface area contributed by atoms with Crippen LogP contribution in [-0.4, -0.2) is 14.4 Å². The number of halogens is 2. The Labute approximate surface area is 180 Å². The van der Waals surface area contributed by atoms with Gasteiger partial charge in [-0.2, -0.15) is 0 Å². The van der Waals surface area contributed by atoms with Crippen molar-refractivity contribution in [1.29, 1.82) is 0 Å². The van der Waals surface area contributed by atoms with Crippen molar-refractivity contribution in [1.82, 2.24) is 0 Å². The molecule has 0 bridgehead atoms. The highest BCUT2D eigenvalue weighted by Crippen LogP contribution is 2.57. The lowest BCUT2D eigenvalue weighted by Crippen LogP contribution is -2.54. The third kappa shape index (κ3) is 5.07. The summed E-state index contributed by atoms with van der Waals surface area (Å²) < 4.78 is 8.11. The Bertz CT molecular complexity index is 507. The summed E-state index contributed by atoms with van der Waals surface area (Å²) >= 11 is 7.07. The second kappa shape index (κ2) is 8.71. The van der Waals surface area contributed by atoms with E-state index in [2.05, 4.69) is 85.6 Å². The first-order valence-corrected chi connectivity index (χ1v) is 15.1. The highest BCUT2D eigenvalue weighted by atomic mass is 79.9. The molecule has 0 unspecified atom stereocenters. The predicted octanol–water partition coefficient (Wildman–Crippen LogP) is 8.64. The Kier molecular flexibility index (Phi) is 7.76. The lowest BCUT2D eigenvalue weighted by atomic mass is 9.52. The first-order chi connectivity index (χ1) is 11.9. The highest BCUT2D eigenvalue weighted by Gasteiger charge is 2.52. The molecule has 0 heterocycles. The van der Waals surface area contributed by atoms with E-state index in [9.17, 15) is 0 Å². The molecule has 0 N–H and O–H groups in total. The van der Waals surface area contributed by atoms with Gasteiger partial charge in [-0.05, 0) is 105 Å². The summed E-state index contributed by atoms with van der Waals surface area (Å²) in [5, 5.41) is 0.301. The molecule has 1 nitrogen and oxygen atoms in total. The standard InChI is InChI=1S/C22H40Br2OSi/c1-16(13-14-20(23)24)17-10-8-11-18-19(12-9-15-22(17,18)5)25-26(6,7)21(2,3)4/h14,16-19H,8-13,15H2,1-7H3/t16-,17-,18+,19+,22-/m1/s1. The van der Waals surface area contributed by atoms with E-state index < -0.39 is 8.32 Å². The molecule has 0 aromatic heterocycles. The normalized spacial score (nSPS) is 34.1. The molecule has 0 aromatic carbocycles. The smallest absolute Gasteiger partial charge is 0.192 e. The Morgan fingerprint density at radius 3 is 2.42 bits per heavy atom. The molecule has 5 atom stereocenters. The molecule has 26 heavy (non-hydrogen) atoms. The number of fused-ring (bicyclic) bond motifs is 1. The number of allylic oxidation sites excluding steroid dienone is 1. The summed E-state index contributed by atoms with van der Waals surface area (Å²) in [6.07, 6.45) is 12.1. The molecule has 0 aromatic rings. The maximum Gasteiger partial charge on any atom is 0.192 e. The fraction of sp³-hybridized carbons (Fsp3) is 0.909. The monoisotopic (exact) mass is 506 g/mol. The average molecular weight is 508 g/mol. The van der Waals surface area contributed by atoms with E-state index in [1.807, 2.05) is 0 Å². The van der Waals surface area contributed by atoms with Crippen molar-refractivity contribution >= 4 is 40.2 Å². The first kappa shape index (κ1) is 23.2.